The Hall–Kier alpha value is -1.51. The number of ether oxygens (including phenoxy) is 1. The van der Waals surface area contributed by atoms with Crippen LogP contribution in [0.2, 0.25) is 0 Å². The van der Waals surface area contributed by atoms with E-state index in [1.807, 2.05) is 0 Å². The molecule has 0 spiro atoms. The molecule has 1 unspecified atom stereocenters. The summed E-state index contributed by atoms with van der Waals surface area (Å²) in [6, 6.07) is 8.59. The Kier molecular flexibility index (Phi) is 5.53. The summed E-state index contributed by atoms with van der Waals surface area (Å²) >= 11 is 0. The number of carbonyl (C=O) groups excluding carboxylic acids is 1. The Bertz CT molecular complexity index is 346. The molecule has 3 nitrogen and oxygen atoms in total. The molecule has 0 fully saturated rings. The van der Waals surface area contributed by atoms with Gasteiger partial charge in [0, 0.05) is 6.54 Å². The van der Waals surface area contributed by atoms with Crippen LogP contribution in [-0.2, 0) is 11.2 Å². The summed E-state index contributed by atoms with van der Waals surface area (Å²) in [5.41, 5.74) is 2.60. The maximum atomic E-state index is 10.9. The molecule has 1 amide bonds. The summed E-state index contributed by atoms with van der Waals surface area (Å²) < 4.78 is 4.50. The van der Waals surface area contributed by atoms with Crippen LogP contribution in [0.15, 0.2) is 24.3 Å². The lowest BCUT2D eigenvalue weighted by atomic mass is 9.97. The number of rotatable bonds is 5. The van der Waals surface area contributed by atoms with Crippen molar-refractivity contribution >= 4 is 6.09 Å². The second kappa shape index (κ2) is 6.94. The summed E-state index contributed by atoms with van der Waals surface area (Å²) in [4.78, 5) is 10.9. The van der Waals surface area contributed by atoms with Crippen molar-refractivity contribution < 1.29 is 9.53 Å². The predicted octanol–water partition coefficient (Wildman–Crippen LogP) is 3.10. The van der Waals surface area contributed by atoms with Gasteiger partial charge < -0.3 is 10.1 Å². The zero-order valence-corrected chi connectivity index (χ0v) is 10.8. The van der Waals surface area contributed by atoms with E-state index in [-0.39, 0.29) is 6.09 Å². The zero-order chi connectivity index (χ0) is 12.7. The van der Waals surface area contributed by atoms with E-state index in [1.165, 1.54) is 18.2 Å². The van der Waals surface area contributed by atoms with Crippen LogP contribution < -0.4 is 5.32 Å². The van der Waals surface area contributed by atoms with Crippen molar-refractivity contribution in [2.24, 2.45) is 0 Å². The number of hydrogen-bond acceptors (Lipinski definition) is 2. The Labute approximate surface area is 103 Å². The van der Waals surface area contributed by atoms with Crippen molar-refractivity contribution in [2.45, 2.75) is 32.6 Å². The predicted molar refractivity (Wildman–Crippen MR) is 69.3 cm³/mol. The minimum atomic E-state index is -0.374. The fourth-order valence-corrected chi connectivity index (χ4v) is 1.63. The summed E-state index contributed by atoms with van der Waals surface area (Å²) in [7, 11) is 1.37. The normalized spacial score (nSPS) is 11.9. The van der Waals surface area contributed by atoms with Crippen molar-refractivity contribution in [1.82, 2.24) is 5.32 Å². The molecule has 17 heavy (non-hydrogen) atoms. The van der Waals surface area contributed by atoms with Gasteiger partial charge in [-0.05, 0) is 29.9 Å². The van der Waals surface area contributed by atoms with Crippen LogP contribution in [0.5, 0.6) is 0 Å². The van der Waals surface area contributed by atoms with E-state index in [1.54, 1.807) is 0 Å². The fourth-order valence-electron chi connectivity index (χ4n) is 1.63. The lowest BCUT2D eigenvalue weighted by molar-refractivity contribution is 0.171. The maximum Gasteiger partial charge on any atom is 0.406 e. The standard InChI is InChI=1S/C14H21NO2/c1-4-11(2)13-7-5-12(6-8-13)9-10-15-14(16)17-3/h5-8,11H,4,9-10H2,1-3H3,(H,15,16). The van der Waals surface area contributed by atoms with Gasteiger partial charge >= 0.3 is 6.09 Å². The molecule has 1 aromatic carbocycles. The third-order valence-corrected chi connectivity index (χ3v) is 3.03. The van der Waals surface area contributed by atoms with Crippen molar-refractivity contribution in [3.63, 3.8) is 0 Å². The van der Waals surface area contributed by atoms with Gasteiger partial charge in [-0.1, -0.05) is 38.1 Å². The van der Waals surface area contributed by atoms with Gasteiger partial charge in [-0.25, -0.2) is 4.79 Å². The largest absolute Gasteiger partial charge is 0.453 e. The number of amides is 1. The molecule has 1 N–H and O–H groups in total. The molecule has 3 heteroatoms. The summed E-state index contributed by atoms with van der Waals surface area (Å²) in [5.74, 6) is 0.609. The quantitative estimate of drug-likeness (QED) is 0.851. The summed E-state index contributed by atoms with van der Waals surface area (Å²) in [6.45, 7) is 5.03. The number of benzene rings is 1. The lowest BCUT2D eigenvalue weighted by Crippen LogP contribution is -2.25. The first-order valence-corrected chi connectivity index (χ1v) is 6.08. The number of methoxy groups -OCH3 is 1. The van der Waals surface area contributed by atoms with E-state index in [2.05, 4.69) is 48.2 Å². The van der Waals surface area contributed by atoms with Crippen LogP contribution in [-0.4, -0.2) is 19.7 Å². The lowest BCUT2D eigenvalue weighted by Gasteiger charge is -2.10. The Morgan fingerprint density at radius 3 is 2.53 bits per heavy atom. The van der Waals surface area contributed by atoms with Crippen molar-refractivity contribution in [2.75, 3.05) is 13.7 Å². The van der Waals surface area contributed by atoms with Gasteiger partial charge in [0.05, 0.1) is 7.11 Å². The number of nitrogens with one attached hydrogen (secondary N) is 1. The Balaban J connectivity index is 2.43. The van der Waals surface area contributed by atoms with Gasteiger partial charge in [-0.2, -0.15) is 0 Å². The van der Waals surface area contributed by atoms with E-state index in [0.29, 0.717) is 12.5 Å². The Morgan fingerprint density at radius 1 is 1.35 bits per heavy atom. The molecule has 0 bridgehead atoms. The van der Waals surface area contributed by atoms with E-state index >= 15 is 0 Å². The average Bonchev–Trinajstić information content (AvgIpc) is 2.38. The van der Waals surface area contributed by atoms with Gasteiger partial charge in [0.15, 0.2) is 0 Å². The number of hydrogen-bond donors (Lipinski definition) is 1. The highest BCUT2D eigenvalue weighted by Gasteiger charge is 2.02. The van der Waals surface area contributed by atoms with Crippen molar-refractivity contribution in [1.29, 1.82) is 0 Å². The van der Waals surface area contributed by atoms with Crippen LogP contribution in [0.4, 0.5) is 4.79 Å². The molecule has 0 radical (unpaired) electrons. The summed E-state index contributed by atoms with van der Waals surface area (Å²) in [5, 5.41) is 2.67. The number of alkyl carbamates (subject to hydrolysis) is 1. The first-order chi connectivity index (χ1) is 8.17. The second-order valence-electron chi connectivity index (χ2n) is 4.22. The van der Waals surface area contributed by atoms with Crippen molar-refractivity contribution in [3.8, 4) is 0 Å². The fraction of sp³-hybridized carbons (Fsp3) is 0.500. The monoisotopic (exact) mass is 235 g/mol. The van der Waals surface area contributed by atoms with Gasteiger partial charge in [-0.15, -0.1) is 0 Å². The van der Waals surface area contributed by atoms with E-state index in [0.717, 1.165) is 12.8 Å². The van der Waals surface area contributed by atoms with Crippen LogP contribution in [0.25, 0.3) is 0 Å². The van der Waals surface area contributed by atoms with E-state index in [4.69, 9.17) is 0 Å². The smallest absolute Gasteiger partial charge is 0.406 e. The van der Waals surface area contributed by atoms with Crippen LogP contribution in [0, 0.1) is 0 Å². The van der Waals surface area contributed by atoms with Gasteiger partial charge in [0.1, 0.15) is 0 Å². The topological polar surface area (TPSA) is 38.3 Å². The third kappa shape index (κ3) is 4.47. The molecular weight excluding hydrogens is 214 g/mol. The van der Waals surface area contributed by atoms with Gasteiger partial charge in [0.2, 0.25) is 0 Å². The highest BCUT2D eigenvalue weighted by atomic mass is 16.5. The van der Waals surface area contributed by atoms with E-state index < -0.39 is 0 Å². The summed E-state index contributed by atoms with van der Waals surface area (Å²) in [6.07, 6.45) is 1.61. The molecule has 94 valence electrons. The number of carbonyl (C=O) groups is 1. The molecule has 1 atom stereocenters. The maximum absolute atomic E-state index is 10.9. The molecule has 1 rings (SSSR count). The minimum absolute atomic E-state index is 0.374. The molecular formula is C14H21NO2. The van der Waals surface area contributed by atoms with Crippen LogP contribution >= 0.6 is 0 Å². The zero-order valence-electron chi connectivity index (χ0n) is 10.8. The van der Waals surface area contributed by atoms with Crippen LogP contribution in [0.3, 0.4) is 0 Å². The first kappa shape index (κ1) is 13.6. The highest BCUT2D eigenvalue weighted by Crippen LogP contribution is 2.18. The first-order valence-electron chi connectivity index (χ1n) is 6.08. The average molecular weight is 235 g/mol. The molecule has 0 aliphatic carbocycles. The Morgan fingerprint density at radius 2 is 2.00 bits per heavy atom. The third-order valence-electron chi connectivity index (χ3n) is 3.03. The van der Waals surface area contributed by atoms with Crippen molar-refractivity contribution in [3.05, 3.63) is 35.4 Å². The molecule has 0 heterocycles. The molecule has 0 aliphatic rings. The molecule has 0 saturated carbocycles. The molecule has 1 aromatic rings. The molecule has 0 aliphatic heterocycles. The SMILES string of the molecule is CCC(C)c1ccc(CCNC(=O)OC)cc1. The van der Waals surface area contributed by atoms with E-state index in [9.17, 15) is 4.79 Å². The van der Waals surface area contributed by atoms with Crippen LogP contribution in [0.1, 0.15) is 37.3 Å². The minimum Gasteiger partial charge on any atom is -0.453 e. The molecule has 0 aromatic heterocycles. The van der Waals surface area contributed by atoms with Gasteiger partial charge in [-0.3, -0.25) is 0 Å². The molecule has 0 saturated heterocycles. The second-order valence-corrected chi connectivity index (χ2v) is 4.22. The van der Waals surface area contributed by atoms with Gasteiger partial charge in [0.25, 0.3) is 0 Å². The highest BCUT2D eigenvalue weighted by molar-refractivity contribution is 5.66.